The van der Waals surface area contributed by atoms with Crippen LogP contribution in [0.25, 0.3) is 0 Å². The van der Waals surface area contributed by atoms with E-state index in [4.69, 9.17) is 0 Å². The van der Waals surface area contributed by atoms with Gasteiger partial charge in [-0.25, -0.2) is 14.2 Å². The molecule has 1 heterocycles. The minimum atomic E-state index is -0.702. The van der Waals surface area contributed by atoms with Gasteiger partial charge in [-0.2, -0.15) is 5.10 Å². The number of nitrogens with zero attached hydrogens (tertiary/aromatic N) is 3. The van der Waals surface area contributed by atoms with Crippen molar-refractivity contribution in [2.45, 2.75) is 13.3 Å². The van der Waals surface area contributed by atoms with E-state index in [1.54, 1.807) is 6.92 Å². The van der Waals surface area contributed by atoms with Crippen LogP contribution in [-0.4, -0.2) is 49.2 Å². The number of carbonyl (C=O) groups is 1. The van der Waals surface area contributed by atoms with Gasteiger partial charge in [0, 0.05) is 56.5 Å². The molecule has 3 rings (SSSR count). The largest absolute Gasteiger partial charge is 0.369 e. The van der Waals surface area contributed by atoms with Gasteiger partial charge in [-0.1, -0.05) is 18.2 Å². The molecule has 28 heavy (non-hydrogen) atoms. The molecular formula is C21H24F2N4O. The maximum atomic E-state index is 13.7. The maximum Gasteiger partial charge on any atom is 0.241 e. The lowest BCUT2D eigenvalue weighted by Gasteiger charge is -2.36. The van der Waals surface area contributed by atoms with Crippen molar-refractivity contribution in [2.75, 3.05) is 37.6 Å². The van der Waals surface area contributed by atoms with E-state index in [2.05, 4.69) is 32.5 Å². The Kier molecular flexibility index (Phi) is 6.71. The molecule has 5 nitrogen and oxygen atoms in total. The number of piperazine rings is 1. The standard InChI is InChI=1S/C21H24F2N4O/c1-16(19-8-7-17(22)15-20(19)23)24-25-21(28)9-10-26-11-13-27(14-12-26)18-5-3-2-4-6-18/h2-8,15H,9-14H2,1H3,(H,25,28)/b24-16+. The highest BCUT2D eigenvalue weighted by molar-refractivity contribution is 5.99. The van der Waals surface area contributed by atoms with Crippen LogP contribution >= 0.6 is 0 Å². The van der Waals surface area contributed by atoms with Crippen molar-refractivity contribution >= 4 is 17.3 Å². The first kappa shape index (κ1) is 19.9. The van der Waals surface area contributed by atoms with Crippen LogP contribution in [0.3, 0.4) is 0 Å². The summed E-state index contributed by atoms with van der Waals surface area (Å²) in [4.78, 5) is 16.6. The van der Waals surface area contributed by atoms with Gasteiger partial charge in [0.2, 0.25) is 5.91 Å². The topological polar surface area (TPSA) is 47.9 Å². The molecule has 1 amide bonds. The Morgan fingerprint density at radius 2 is 1.79 bits per heavy atom. The molecule has 0 aliphatic carbocycles. The summed E-state index contributed by atoms with van der Waals surface area (Å²) in [6.07, 6.45) is 0.314. The number of hydrogen-bond acceptors (Lipinski definition) is 4. The van der Waals surface area contributed by atoms with Gasteiger partial charge >= 0.3 is 0 Å². The number of anilines is 1. The zero-order valence-corrected chi connectivity index (χ0v) is 15.9. The highest BCUT2D eigenvalue weighted by Gasteiger charge is 2.17. The minimum absolute atomic E-state index is 0.165. The molecule has 0 saturated carbocycles. The Bertz CT molecular complexity index is 834. The number of hydrazone groups is 1. The predicted octanol–water partition coefficient (Wildman–Crippen LogP) is 3.02. The van der Waals surface area contributed by atoms with E-state index in [9.17, 15) is 13.6 Å². The van der Waals surface area contributed by atoms with Gasteiger partial charge in [-0.05, 0) is 31.2 Å². The van der Waals surface area contributed by atoms with E-state index in [0.717, 1.165) is 38.3 Å². The third-order valence-corrected chi connectivity index (χ3v) is 4.82. The monoisotopic (exact) mass is 386 g/mol. The predicted molar refractivity (Wildman–Crippen MR) is 106 cm³/mol. The minimum Gasteiger partial charge on any atom is -0.369 e. The van der Waals surface area contributed by atoms with Crippen molar-refractivity contribution < 1.29 is 13.6 Å². The molecule has 7 heteroatoms. The Balaban J connectivity index is 1.42. The van der Waals surface area contributed by atoms with E-state index in [0.29, 0.717) is 18.7 Å². The quantitative estimate of drug-likeness (QED) is 0.613. The number of amides is 1. The summed E-state index contributed by atoms with van der Waals surface area (Å²) in [5.41, 5.74) is 4.13. The number of nitrogens with one attached hydrogen (secondary N) is 1. The van der Waals surface area contributed by atoms with Crippen molar-refractivity contribution in [2.24, 2.45) is 5.10 Å². The molecule has 1 N–H and O–H groups in total. The number of benzene rings is 2. The summed E-state index contributed by atoms with van der Waals surface area (Å²) < 4.78 is 26.7. The molecule has 1 saturated heterocycles. The molecular weight excluding hydrogens is 362 g/mol. The van der Waals surface area contributed by atoms with Crippen LogP contribution in [0, 0.1) is 11.6 Å². The molecule has 0 radical (unpaired) electrons. The summed E-state index contributed by atoms with van der Waals surface area (Å²) in [5, 5.41) is 3.93. The smallest absolute Gasteiger partial charge is 0.241 e. The van der Waals surface area contributed by atoms with Crippen molar-refractivity contribution in [1.29, 1.82) is 0 Å². The van der Waals surface area contributed by atoms with Gasteiger partial charge < -0.3 is 4.90 Å². The highest BCUT2D eigenvalue weighted by Crippen LogP contribution is 2.15. The lowest BCUT2D eigenvalue weighted by atomic mass is 10.1. The Labute approximate surface area is 163 Å². The van der Waals surface area contributed by atoms with Crippen molar-refractivity contribution in [3.63, 3.8) is 0 Å². The third kappa shape index (κ3) is 5.36. The molecule has 0 unspecified atom stereocenters. The maximum absolute atomic E-state index is 13.7. The zero-order chi connectivity index (χ0) is 19.9. The molecule has 2 aromatic carbocycles. The molecule has 0 atom stereocenters. The number of halogens is 2. The molecule has 1 aliphatic rings. The molecule has 2 aromatic rings. The van der Waals surface area contributed by atoms with Gasteiger partial charge in [0.15, 0.2) is 0 Å². The van der Waals surface area contributed by atoms with E-state index < -0.39 is 11.6 Å². The fourth-order valence-corrected chi connectivity index (χ4v) is 3.17. The summed E-state index contributed by atoms with van der Waals surface area (Å²) in [6, 6.07) is 13.5. The van der Waals surface area contributed by atoms with E-state index >= 15 is 0 Å². The average molecular weight is 386 g/mol. The Morgan fingerprint density at radius 1 is 1.07 bits per heavy atom. The number of rotatable bonds is 6. The number of carbonyl (C=O) groups excluding carboxylic acids is 1. The number of para-hydroxylation sites is 1. The van der Waals surface area contributed by atoms with Crippen molar-refractivity contribution in [1.82, 2.24) is 10.3 Å². The normalized spacial score (nSPS) is 15.5. The molecule has 0 spiro atoms. The van der Waals surface area contributed by atoms with Gasteiger partial charge in [-0.3, -0.25) is 9.69 Å². The van der Waals surface area contributed by atoms with Crippen molar-refractivity contribution in [3.05, 3.63) is 65.7 Å². The summed E-state index contributed by atoms with van der Waals surface area (Å²) in [5.74, 6) is -1.58. The van der Waals surface area contributed by atoms with Gasteiger partial charge in [0.25, 0.3) is 0 Å². The second-order valence-corrected chi connectivity index (χ2v) is 6.77. The van der Waals surface area contributed by atoms with Crippen LogP contribution in [0.5, 0.6) is 0 Å². The first-order chi connectivity index (χ1) is 13.5. The van der Waals surface area contributed by atoms with E-state index in [1.807, 2.05) is 18.2 Å². The van der Waals surface area contributed by atoms with Crippen LogP contribution < -0.4 is 10.3 Å². The highest BCUT2D eigenvalue weighted by atomic mass is 19.1. The SMILES string of the molecule is C/C(=N\NC(=O)CCN1CCN(c2ccccc2)CC1)c1ccc(F)cc1F. The fourth-order valence-electron chi connectivity index (χ4n) is 3.17. The molecule has 0 aromatic heterocycles. The van der Waals surface area contributed by atoms with Gasteiger partial charge in [0.05, 0.1) is 5.71 Å². The molecule has 1 fully saturated rings. The second kappa shape index (κ2) is 9.41. The first-order valence-electron chi connectivity index (χ1n) is 9.34. The zero-order valence-electron chi connectivity index (χ0n) is 15.9. The van der Waals surface area contributed by atoms with Crippen LogP contribution in [0.1, 0.15) is 18.9 Å². The van der Waals surface area contributed by atoms with Crippen LogP contribution in [0.2, 0.25) is 0 Å². The molecule has 0 bridgehead atoms. The van der Waals surface area contributed by atoms with Crippen molar-refractivity contribution in [3.8, 4) is 0 Å². The Morgan fingerprint density at radius 3 is 2.46 bits per heavy atom. The lowest BCUT2D eigenvalue weighted by molar-refractivity contribution is -0.121. The lowest BCUT2D eigenvalue weighted by Crippen LogP contribution is -2.47. The summed E-state index contributed by atoms with van der Waals surface area (Å²) in [7, 11) is 0. The van der Waals surface area contributed by atoms with Gasteiger partial charge in [-0.15, -0.1) is 0 Å². The average Bonchev–Trinajstić information content (AvgIpc) is 2.71. The number of hydrogen-bond donors (Lipinski definition) is 1. The van der Waals surface area contributed by atoms with E-state index in [-0.39, 0.29) is 11.5 Å². The Hall–Kier alpha value is -2.80. The van der Waals surface area contributed by atoms with E-state index in [1.165, 1.54) is 11.8 Å². The molecule has 148 valence electrons. The van der Waals surface area contributed by atoms with Gasteiger partial charge in [0.1, 0.15) is 11.6 Å². The molecule has 1 aliphatic heterocycles. The van der Waals surface area contributed by atoms with Crippen LogP contribution in [0.15, 0.2) is 53.6 Å². The third-order valence-electron chi connectivity index (χ3n) is 4.82. The second-order valence-electron chi connectivity index (χ2n) is 6.77. The van der Waals surface area contributed by atoms with Crippen LogP contribution in [-0.2, 0) is 4.79 Å². The fraction of sp³-hybridized carbons (Fsp3) is 0.333. The summed E-state index contributed by atoms with van der Waals surface area (Å²) in [6.45, 7) is 5.85. The summed E-state index contributed by atoms with van der Waals surface area (Å²) >= 11 is 0. The van der Waals surface area contributed by atoms with Crippen LogP contribution in [0.4, 0.5) is 14.5 Å². The first-order valence-corrected chi connectivity index (χ1v) is 9.34.